The first-order valence-electron chi connectivity index (χ1n) is 2.46. The third-order valence-electron chi connectivity index (χ3n) is 0.861. The molecule has 0 saturated heterocycles. The second-order valence-corrected chi connectivity index (χ2v) is 1.60. The van der Waals surface area contributed by atoms with E-state index in [9.17, 15) is 4.79 Å². The van der Waals surface area contributed by atoms with E-state index in [0.717, 1.165) is 6.07 Å². The first kappa shape index (κ1) is 6.29. The van der Waals surface area contributed by atoms with E-state index < -0.39 is 5.56 Å². The van der Waals surface area contributed by atoms with Gasteiger partial charge in [0, 0.05) is 6.07 Å². The Hall–Kier alpha value is -1.83. The number of nitrogens with one attached hydrogen (secondary N) is 1. The van der Waals surface area contributed by atoms with Crippen LogP contribution in [-0.4, -0.2) is 9.97 Å². The van der Waals surface area contributed by atoms with Crippen LogP contribution in [0.25, 0.3) is 4.85 Å². The first-order chi connectivity index (χ1) is 4.72. The Labute approximate surface area is 56.3 Å². The van der Waals surface area contributed by atoms with Crippen LogP contribution in [0.1, 0.15) is 0 Å². The summed E-state index contributed by atoms with van der Waals surface area (Å²) in [5.41, 5.74) is 4.72. The molecular weight excluding hydrogens is 132 g/mol. The summed E-state index contributed by atoms with van der Waals surface area (Å²) in [7, 11) is 0. The number of aromatic nitrogens is 2. The van der Waals surface area contributed by atoms with Crippen LogP contribution in [0.15, 0.2) is 10.9 Å². The number of rotatable bonds is 0. The third kappa shape index (κ3) is 1.11. The maximum absolute atomic E-state index is 10.6. The number of nitrogens with two attached hydrogens (primary N) is 1. The van der Waals surface area contributed by atoms with Crippen molar-refractivity contribution in [2.24, 2.45) is 0 Å². The lowest BCUT2D eigenvalue weighted by Crippen LogP contribution is -2.08. The second-order valence-electron chi connectivity index (χ2n) is 1.60. The lowest BCUT2D eigenvalue weighted by atomic mass is 10.6. The van der Waals surface area contributed by atoms with E-state index in [1.807, 2.05) is 0 Å². The lowest BCUT2D eigenvalue weighted by molar-refractivity contribution is 1.15. The molecular formula is C5H4N4O. The van der Waals surface area contributed by atoms with Gasteiger partial charge in [-0.2, -0.15) is 0 Å². The molecule has 1 rings (SSSR count). The van der Waals surface area contributed by atoms with Gasteiger partial charge in [0.15, 0.2) is 0 Å². The molecule has 5 heteroatoms. The standard InChI is InChI=1S/C5H4N4O/c1-7-3-2-4(10)9-5(6)8-3/h2H,(H3,6,8,9,10). The molecule has 1 aromatic heterocycles. The number of aromatic amines is 1. The molecule has 3 N–H and O–H groups in total. The zero-order valence-corrected chi connectivity index (χ0v) is 4.96. The molecule has 50 valence electrons. The third-order valence-corrected chi connectivity index (χ3v) is 0.861. The van der Waals surface area contributed by atoms with Gasteiger partial charge in [-0.1, -0.05) is 11.6 Å². The van der Waals surface area contributed by atoms with Crippen LogP contribution in [0.5, 0.6) is 0 Å². The van der Waals surface area contributed by atoms with Gasteiger partial charge in [-0.25, -0.2) is 0 Å². The molecule has 0 unspecified atom stereocenters. The minimum atomic E-state index is -0.404. The number of H-pyrrole nitrogens is 1. The van der Waals surface area contributed by atoms with Crippen LogP contribution in [0.2, 0.25) is 0 Å². The van der Waals surface area contributed by atoms with Gasteiger partial charge in [0.2, 0.25) is 5.56 Å². The van der Waals surface area contributed by atoms with Crippen molar-refractivity contribution in [1.29, 1.82) is 0 Å². The summed E-state index contributed by atoms with van der Waals surface area (Å²) in [6.07, 6.45) is 0. The fourth-order valence-electron chi connectivity index (χ4n) is 0.520. The highest BCUT2D eigenvalue weighted by Gasteiger charge is 1.96. The summed E-state index contributed by atoms with van der Waals surface area (Å²) in [6, 6.07) is 1.09. The Balaban J connectivity index is 3.36. The minimum absolute atomic E-state index is 0.0150. The minimum Gasteiger partial charge on any atom is -0.360 e. The molecule has 5 nitrogen and oxygen atoms in total. The smallest absolute Gasteiger partial charge is 0.297 e. The molecule has 0 aliphatic rings. The largest absolute Gasteiger partial charge is 0.360 e. The summed E-state index contributed by atoms with van der Waals surface area (Å²) in [5, 5.41) is 0. The molecule has 0 spiro atoms. The SMILES string of the molecule is [C-]#[N+]c1cc(=O)[nH]c(N)n1. The topological polar surface area (TPSA) is 76.1 Å². The number of anilines is 1. The summed E-state index contributed by atoms with van der Waals surface area (Å²) >= 11 is 0. The maximum atomic E-state index is 10.6. The van der Waals surface area contributed by atoms with Gasteiger partial charge in [-0.05, 0) is 0 Å². The Bertz CT molecular complexity index is 334. The lowest BCUT2D eigenvalue weighted by Gasteiger charge is -1.86. The molecule has 0 atom stereocenters. The summed E-state index contributed by atoms with van der Waals surface area (Å²) in [6.45, 7) is 6.49. The number of hydrogen-bond acceptors (Lipinski definition) is 3. The monoisotopic (exact) mass is 136 g/mol. The molecule has 10 heavy (non-hydrogen) atoms. The van der Waals surface area contributed by atoms with E-state index in [4.69, 9.17) is 12.3 Å². The van der Waals surface area contributed by atoms with Crippen LogP contribution in [-0.2, 0) is 0 Å². The van der Waals surface area contributed by atoms with Crippen LogP contribution in [0, 0.1) is 6.57 Å². The van der Waals surface area contributed by atoms with E-state index in [1.165, 1.54) is 0 Å². The zero-order chi connectivity index (χ0) is 7.56. The van der Waals surface area contributed by atoms with Crippen molar-refractivity contribution < 1.29 is 0 Å². The molecule has 0 aromatic carbocycles. The number of nitrogens with zero attached hydrogens (tertiary/aromatic N) is 2. The zero-order valence-electron chi connectivity index (χ0n) is 4.96. The first-order valence-corrected chi connectivity index (χ1v) is 2.46. The highest BCUT2D eigenvalue weighted by atomic mass is 16.1. The number of hydrogen-bond donors (Lipinski definition) is 2. The predicted molar refractivity (Wildman–Crippen MR) is 35.5 cm³/mol. The Morgan fingerprint density at radius 3 is 3.00 bits per heavy atom. The quantitative estimate of drug-likeness (QED) is 0.489. The molecule has 0 bridgehead atoms. The molecule has 0 amide bonds. The van der Waals surface area contributed by atoms with Crippen molar-refractivity contribution in [3.63, 3.8) is 0 Å². The van der Waals surface area contributed by atoms with E-state index in [-0.39, 0.29) is 11.8 Å². The van der Waals surface area contributed by atoms with Crippen LogP contribution in [0.4, 0.5) is 11.8 Å². The van der Waals surface area contributed by atoms with Gasteiger partial charge in [0.25, 0.3) is 11.8 Å². The fourth-order valence-corrected chi connectivity index (χ4v) is 0.520. The molecule has 1 aromatic rings. The second kappa shape index (κ2) is 2.19. The predicted octanol–water partition coefficient (Wildman–Crippen LogP) is -0.0971. The van der Waals surface area contributed by atoms with E-state index in [0.29, 0.717) is 0 Å². The van der Waals surface area contributed by atoms with E-state index in [2.05, 4.69) is 14.8 Å². The Kier molecular flexibility index (Phi) is 1.38. The fraction of sp³-hybridized carbons (Fsp3) is 0. The van der Waals surface area contributed by atoms with Crippen molar-refractivity contribution >= 4 is 11.8 Å². The van der Waals surface area contributed by atoms with Crippen molar-refractivity contribution in [3.8, 4) is 0 Å². The van der Waals surface area contributed by atoms with E-state index in [1.54, 1.807) is 0 Å². The van der Waals surface area contributed by atoms with Crippen molar-refractivity contribution in [1.82, 2.24) is 9.97 Å². The van der Waals surface area contributed by atoms with Crippen molar-refractivity contribution in [3.05, 3.63) is 27.8 Å². The Morgan fingerprint density at radius 2 is 2.50 bits per heavy atom. The number of nitrogen functional groups attached to an aromatic ring is 1. The van der Waals surface area contributed by atoms with Crippen molar-refractivity contribution in [2.75, 3.05) is 5.73 Å². The highest BCUT2D eigenvalue weighted by molar-refractivity contribution is 5.37. The summed E-state index contributed by atoms with van der Waals surface area (Å²) in [4.78, 5) is 19.2. The van der Waals surface area contributed by atoms with Crippen LogP contribution >= 0.6 is 0 Å². The Morgan fingerprint density at radius 1 is 1.80 bits per heavy atom. The highest BCUT2D eigenvalue weighted by Crippen LogP contribution is 2.01. The maximum Gasteiger partial charge on any atom is 0.297 e. The summed E-state index contributed by atoms with van der Waals surface area (Å²) in [5.74, 6) is -0.0141. The van der Waals surface area contributed by atoms with Gasteiger partial charge >= 0.3 is 0 Å². The molecule has 0 aliphatic heterocycles. The van der Waals surface area contributed by atoms with Gasteiger partial charge in [0.1, 0.15) is 0 Å². The van der Waals surface area contributed by atoms with E-state index >= 15 is 0 Å². The molecule has 0 fully saturated rings. The van der Waals surface area contributed by atoms with Crippen molar-refractivity contribution in [2.45, 2.75) is 0 Å². The molecule has 0 saturated carbocycles. The average Bonchev–Trinajstić information content (AvgIpc) is 1.85. The normalized spacial score (nSPS) is 8.70. The molecule has 0 aliphatic carbocycles. The summed E-state index contributed by atoms with van der Waals surface area (Å²) < 4.78 is 0. The van der Waals surface area contributed by atoms with Gasteiger partial charge in [-0.15, -0.1) is 0 Å². The van der Waals surface area contributed by atoms with Crippen LogP contribution < -0.4 is 11.3 Å². The van der Waals surface area contributed by atoms with Crippen LogP contribution in [0.3, 0.4) is 0 Å². The van der Waals surface area contributed by atoms with Gasteiger partial charge in [-0.3, -0.25) is 9.78 Å². The van der Waals surface area contributed by atoms with Gasteiger partial charge < -0.3 is 10.6 Å². The molecule has 1 heterocycles. The average molecular weight is 136 g/mol. The molecule has 0 radical (unpaired) electrons. The van der Waals surface area contributed by atoms with Gasteiger partial charge in [0.05, 0.1) is 0 Å².